The molecule has 0 aliphatic carbocycles. The normalized spacial score (nSPS) is 13.9. The first-order valence-electron chi connectivity index (χ1n) is 10.2. The van der Waals surface area contributed by atoms with E-state index in [9.17, 15) is 14.4 Å². The molecule has 8 nitrogen and oxygen atoms in total. The molecule has 2 aromatic rings. The number of benzene rings is 2. The van der Waals surface area contributed by atoms with Gasteiger partial charge >= 0.3 is 6.16 Å². The van der Waals surface area contributed by atoms with Crippen molar-refractivity contribution >= 4 is 18.0 Å². The Kier molecular flexibility index (Phi) is 7.48. The van der Waals surface area contributed by atoms with Gasteiger partial charge in [-0.05, 0) is 61.9 Å². The molecule has 0 bridgehead atoms. The Morgan fingerprint density at radius 2 is 1.26 bits per heavy atom. The number of hydrogen-bond acceptors (Lipinski definition) is 6. The molecule has 0 radical (unpaired) electrons. The lowest BCUT2D eigenvalue weighted by molar-refractivity contribution is 0.0718. The van der Waals surface area contributed by atoms with Crippen LogP contribution in [-0.2, 0) is 4.74 Å². The van der Waals surface area contributed by atoms with E-state index in [1.165, 1.54) is 0 Å². The quantitative estimate of drug-likeness (QED) is 0.539. The SMILES string of the molecule is CCOC(=O)Oc1ccc(C(=O)N2CCCN(C(=O)c3ccc(OC)cc3)CC2)cc1. The van der Waals surface area contributed by atoms with Crippen molar-refractivity contribution in [1.29, 1.82) is 0 Å². The van der Waals surface area contributed by atoms with Gasteiger partial charge in [0, 0.05) is 37.3 Å². The van der Waals surface area contributed by atoms with Crippen molar-refractivity contribution in [2.45, 2.75) is 13.3 Å². The van der Waals surface area contributed by atoms with Crippen molar-refractivity contribution in [1.82, 2.24) is 9.80 Å². The molecule has 0 aromatic heterocycles. The summed E-state index contributed by atoms with van der Waals surface area (Å²) in [6.45, 7) is 3.97. The van der Waals surface area contributed by atoms with E-state index in [0.717, 1.165) is 0 Å². The van der Waals surface area contributed by atoms with Gasteiger partial charge in [0.25, 0.3) is 11.8 Å². The van der Waals surface area contributed by atoms with Gasteiger partial charge in [-0.1, -0.05) is 0 Å². The zero-order valence-electron chi connectivity index (χ0n) is 17.7. The van der Waals surface area contributed by atoms with Crippen LogP contribution >= 0.6 is 0 Å². The predicted molar refractivity (Wildman–Crippen MR) is 114 cm³/mol. The van der Waals surface area contributed by atoms with Crippen molar-refractivity contribution in [3.8, 4) is 11.5 Å². The summed E-state index contributed by atoms with van der Waals surface area (Å²) in [6, 6.07) is 13.4. The van der Waals surface area contributed by atoms with Gasteiger partial charge in [-0.3, -0.25) is 9.59 Å². The smallest absolute Gasteiger partial charge is 0.497 e. The lowest BCUT2D eigenvalue weighted by Gasteiger charge is -2.22. The molecule has 1 heterocycles. The first-order chi connectivity index (χ1) is 15.0. The van der Waals surface area contributed by atoms with E-state index in [1.807, 2.05) is 0 Å². The van der Waals surface area contributed by atoms with Crippen LogP contribution in [-0.4, -0.2) is 67.7 Å². The number of carbonyl (C=O) groups excluding carboxylic acids is 3. The van der Waals surface area contributed by atoms with Crippen LogP contribution in [0.4, 0.5) is 4.79 Å². The van der Waals surface area contributed by atoms with Crippen LogP contribution in [0, 0.1) is 0 Å². The molecule has 3 rings (SSSR count). The number of nitrogens with zero attached hydrogens (tertiary/aromatic N) is 2. The predicted octanol–water partition coefficient (Wildman–Crippen LogP) is 3.22. The van der Waals surface area contributed by atoms with Crippen LogP contribution in [0.15, 0.2) is 48.5 Å². The minimum absolute atomic E-state index is 0.0579. The molecule has 2 amide bonds. The zero-order valence-corrected chi connectivity index (χ0v) is 17.7. The monoisotopic (exact) mass is 426 g/mol. The Morgan fingerprint density at radius 1 is 0.774 bits per heavy atom. The first kappa shape index (κ1) is 22.1. The van der Waals surface area contributed by atoms with Crippen LogP contribution in [0.5, 0.6) is 11.5 Å². The van der Waals surface area contributed by atoms with E-state index in [4.69, 9.17) is 14.2 Å². The topological polar surface area (TPSA) is 85.4 Å². The Bertz CT molecular complexity index is 911. The molecule has 1 aliphatic heterocycles. The van der Waals surface area contributed by atoms with Gasteiger partial charge < -0.3 is 24.0 Å². The molecule has 31 heavy (non-hydrogen) atoms. The fourth-order valence-electron chi connectivity index (χ4n) is 3.33. The lowest BCUT2D eigenvalue weighted by atomic mass is 10.2. The molecule has 0 saturated carbocycles. The second-order valence-corrected chi connectivity index (χ2v) is 6.98. The van der Waals surface area contributed by atoms with Gasteiger partial charge in [-0.2, -0.15) is 0 Å². The molecular weight excluding hydrogens is 400 g/mol. The maximum atomic E-state index is 12.9. The van der Waals surface area contributed by atoms with Crippen molar-refractivity contribution in [3.63, 3.8) is 0 Å². The third-order valence-corrected chi connectivity index (χ3v) is 4.97. The maximum absolute atomic E-state index is 12.9. The highest BCUT2D eigenvalue weighted by Gasteiger charge is 2.23. The lowest BCUT2D eigenvalue weighted by Crippen LogP contribution is -2.37. The van der Waals surface area contributed by atoms with Crippen LogP contribution in [0.3, 0.4) is 0 Å². The zero-order chi connectivity index (χ0) is 22.2. The van der Waals surface area contributed by atoms with Crippen LogP contribution in [0.1, 0.15) is 34.1 Å². The number of ether oxygens (including phenoxy) is 3. The molecule has 1 fully saturated rings. The maximum Gasteiger partial charge on any atom is 0.513 e. The van der Waals surface area contributed by atoms with Crippen molar-refractivity contribution in [2.75, 3.05) is 39.9 Å². The summed E-state index contributed by atoms with van der Waals surface area (Å²) in [7, 11) is 1.58. The molecule has 0 N–H and O–H groups in total. The first-order valence-corrected chi connectivity index (χ1v) is 10.2. The van der Waals surface area contributed by atoms with Crippen molar-refractivity contribution in [2.24, 2.45) is 0 Å². The third-order valence-electron chi connectivity index (χ3n) is 4.97. The number of rotatable bonds is 5. The molecule has 2 aromatic carbocycles. The molecular formula is C23H26N2O6. The summed E-state index contributed by atoms with van der Waals surface area (Å²) in [4.78, 5) is 40.6. The van der Waals surface area contributed by atoms with Gasteiger partial charge in [0.2, 0.25) is 0 Å². The molecule has 0 unspecified atom stereocenters. The fraction of sp³-hybridized carbons (Fsp3) is 0.348. The van der Waals surface area contributed by atoms with Crippen LogP contribution < -0.4 is 9.47 Å². The molecule has 8 heteroatoms. The third kappa shape index (κ3) is 5.75. The summed E-state index contributed by atoms with van der Waals surface area (Å²) >= 11 is 0. The molecule has 0 atom stereocenters. The Balaban J connectivity index is 1.58. The largest absolute Gasteiger partial charge is 0.513 e. The molecule has 1 aliphatic rings. The Morgan fingerprint density at radius 3 is 1.71 bits per heavy atom. The highest BCUT2D eigenvalue weighted by molar-refractivity contribution is 5.95. The summed E-state index contributed by atoms with van der Waals surface area (Å²) < 4.78 is 14.9. The molecule has 0 spiro atoms. The van der Waals surface area contributed by atoms with Gasteiger partial charge in [0.05, 0.1) is 13.7 Å². The van der Waals surface area contributed by atoms with Gasteiger partial charge in [-0.15, -0.1) is 0 Å². The van der Waals surface area contributed by atoms with E-state index in [2.05, 4.69) is 0 Å². The Labute approximate surface area is 181 Å². The molecule has 1 saturated heterocycles. The number of hydrogen-bond donors (Lipinski definition) is 0. The van der Waals surface area contributed by atoms with E-state index in [1.54, 1.807) is 72.4 Å². The summed E-state index contributed by atoms with van der Waals surface area (Å²) in [5, 5.41) is 0. The second kappa shape index (κ2) is 10.5. The summed E-state index contributed by atoms with van der Waals surface area (Å²) in [5.41, 5.74) is 1.09. The fourth-order valence-corrected chi connectivity index (χ4v) is 3.33. The Hall–Kier alpha value is -3.55. The standard InChI is InChI=1S/C23H26N2O6/c1-3-30-23(28)31-20-11-7-18(8-12-20)22(27)25-14-4-13-24(15-16-25)21(26)17-5-9-19(29-2)10-6-17/h5-12H,3-4,13-16H2,1-2H3. The highest BCUT2D eigenvalue weighted by atomic mass is 16.7. The van der Waals surface area contributed by atoms with Gasteiger partial charge in [0.15, 0.2) is 0 Å². The van der Waals surface area contributed by atoms with Gasteiger partial charge in [0.1, 0.15) is 11.5 Å². The minimum Gasteiger partial charge on any atom is -0.497 e. The van der Waals surface area contributed by atoms with Crippen molar-refractivity contribution in [3.05, 3.63) is 59.7 Å². The average Bonchev–Trinajstić information content (AvgIpc) is 3.05. The van der Waals surface area contributed by atoms with Crippen molar-refractivity contribution < 1.29 is 28.6 Å². The van der Waals surface area contributed by atoms with E-state index in [-0.39, 0.29) is 18.4 Å². The molecule has 164 valence electrons. The van der Waals surface area contributed by atoms with E-state index >= 15 is 0 Å². The number of methoxy groups -OCH3 is 1. The number of carbonyl (C=O) groups is 3. The second-order valence-electron chi connectivity index (χ2n) is 6.98. The average molecular weight is 426 g/mol. The van der Waals surface area contributed by atoms with Gasteiger partial charge in [-0.25, -0.2) is 4.79 Å². The van der Waals surface area contributed by atoms with Crippen LogP contribution in [0.2, 0.25) is 0 Å². The van der Waals surface area contributed by atoms with E-state index < -0.39 is 6.16 Å². The van der Waals surface area contributed by atoms with Crippen LogP contribution in [0.25, 0.3) is 0 Å². The summed E-state index contributed by atoms with van der Waals surface area (Å²) in [5.74, 6) is 0.823. The summed E-state index contributed by atoms with van der Waals surface area (Å²) in [6.07, 6.45) is -0.0896. The number of amides is 2. The minimum atomic E-state index is -0.782. The van der Waals surface area contributed by atoms with E-state index in [0.29, 0.717) is 55.2 Å². The highest BCUT2D eigenvalue weighted by Crippen LogP contribution is 2.17.